The number of hydrogen-bond donors (Lipinski definition) is 1. The van der Waals surface area contributed by atoms with Crippen LogP contribution in [0.25, 0.3) is 0 Å². The lowest BCUT2D eigenvalue weighted by Crippen LogP contribution is -2.54. The highest BCUT2D eigenvalue weighted by atomic mass is 16.4. The fourth-order valence-corrected chi connectivity index (χ4v) is 9.22. The zero-order valence-corrected chi connectivity index (χ0v) is 43.3. The van der Waals surface area contributed by atoms with E-state index in [0.717, 1.165) is 51.9 Å². The molecule has 1 saturated heterocycles. The summed E-state index contributed by atoms with van der Waals surface area (Å²) in [6, 6.07) is 0. The number of carboxylic acid groups (broad SMARTS) is 1. The molecule has 1 atom stereocenters. The van der Waals surface area contributed by atoms with Gasteiger partial charge in [0.2, 0.25) is 11.8 Å². The van der Waals surface area contributed by atoms with Crippen molar-refractivity contribution < 1.29 is 19.5 Å². The smallest absolute Gasteiger partial charge is 0.306 e. The Balaban J connectivity index is 2.87. The van der Waals surface area contributed by atoms with Crippen molar-refractivity contribution in [3.63, 3.8) is 0 Å². The highest BCUT2D eigenvalue weighted by molar-refractivity contribution is 5.80. The van der Waals surface area contributed by atoms with E-state index in [1.54, 1.807) is 0 Å². The van der Waals surface area contributed by atoms with Crippen LogP contribution in [0.5, 0.6) is 0 Å². The van der Waals surface area contributed by atoms with Crippen LogP contribution in [0.15, 0.2) is 12.2 Å². The first-order valence-corrected chi connectivity index (χ1v) is 27.9. The van der Waals surface area contributed by atoms with E-state index in [1.807, 2.05) is 22.0 Å². The summed E-state index contributed by atoms with van der Waals surface area (Å²) in [4.78, 5) is 51.2. The third kappa shape index (κ3) is 33.5. The molecular formula is C55H107N5O4. The van der Waals surface area contributed by atoms with Gasteiger partial charge < -0.3 is 19.8 Å². The van der Waals surface area contributed by atoms with Crippen molar-refractivity contribution in [3.05, 3.63) is 12.2 Å². The van der Waals surface area contributed by atoms with Gasteiger partial charge in [-0.05, 0) is 77.7 Å². The normalized spacial score (nSPS) is 13.9. The molecule has 1 fully saturated rings. The van der Waals surface area contributed by atoms with Gasteiger partial charge in [-0.15, -0.1) is 0 Å². The molecule has 1 aliphatic rings. The Hall–Kier alpha value is -1.97. The first-order chi connectivity index (χ1) is 31.3. The molecule has 0 radical (unpaired) electrons. The van der Waals surface area contributed by atoms with E-state index in [4.69, 9.17) is 0 Å². The molecule has 9 heteroatoms. The maximum atomic E-state index is 14.0. The minimum Gasteiger partial charge on any atom is -0.481 e. The van der Waals surface area contributed by atoms with Crippen molar-refractivity contribution in [3.8, 4) is 0 Å². The number of piperazine rings is 1. The molecule has 1 N–H and O–H groups in total. The number of carboxylic acids is 1. The first-order valence-electron chi connectivity index (χ1n) is 27.9. The summed E-state index contributed by atoms with van der Waals surface area (Å²) in [5, 5.41) is 9.93. The van der Waals surface area contributed by atoms with Crippen LogP contribution in [0.2, 0.25) is 0 Å². The number of unbranched alkanes of at least 4 members (excludes halogenated alkanes) is 24. The third-order valence-electron chi connectivity index (χ3n) is 13.7. The van der Waals surface area contributed by atoms with Crippen molar-refractivity contribution in [1.82, 2.24) is 24.5 Å². The van der Waals surface area contributed by atoms with E-state index < -0.39 is 11.9 Å². The molecule has 9 nitrogen and oxygen atoms in total. The number of carbonyl (C=O) groups excluding carboxylic acids is 2. The Morgan fingerprint density at radius 2 is 0.734 bits per heavy atom. The quantitative estimate of drug-likeness (QED) is 0.0481. The topological polar surface area (TPSA) is 87.6 Å². The van der Waals surface area contributed by atoms with E-state index in [9.17, 15) is 19.5 Å². The molecule has 1 aliphatic heterocycles. The predicted octanol–water partition coefficient (Wildman–Crippen LogP) is 13.0. The molecule has 0 bridgehead atoms. The fourth-order valence-electron chi connectivity index (χ4n) is 9.22. The van der Waals surface area contributed by atoms with Crippen LogP contribution in [0, 0.1) is 5.92 Å². The highest BCUT2D eigenvalue weighted by Gasteiger charge is 2.27. The van der Waals surface area contributed by atoms with Gasteiger partial charge in [-0.2, -0.15) is 0 Å². The predicted molar refractivity (Wildman–Crippen MR) is 274 cm³/mol. The van der Waals surface area contributed by atoms with E-state index in [0.29, 0.717) is 58.7 Å². The van der Waals surface area contributed by atoms with E-state index >= 15 is 0 Å². The molecule has 1 heterocycles. The zero-order valence-electron chi connectivity index (χ0n) is 43.3. The number of carbonyl (C=O) groups is 3. The Kier molecular flexibility index (Phi) is 40.9. The summed E-state index contributed by atoms with van der Waals surface area (Å²) in [6.07, 6.45) is 42.1. The van der Waals surface area contributed by atoms with Crippen molar-refractivity contribution in [1.29, 1.82) is 0 Å². The summed E-state index contributed by atoms with van der Waals surface area (Å²) < 4.78 is 0. The SMILES string of the molecule is CCC=CCC(CCN(CCCCCCCCC)CC(=O)N1CCN(C(=O)CN(CCCCCCCCC)CCN(CCCCCCCCC)CCCCCCCCC)CC1)C(=O)O. The molecule has 376 valence electrons. The van der Waals surface area contributed by atoms with Gasteiger partial charge in [0, 0.05) is 39.3 Å². The number of hydrogen-bond acceptors (Lipinski definition) is 6. The molecule has 0 spiro atoms. The largest absolute Gasteiger partial charge is 0.481 e. The Labute approximate surface area is 397 Å². The molecule has 0 saturated carbocycles. The van der Waals surface area contributed by atoms with Crippen molar-refractivity contribution in [2.45, 2.75) is 234 Å². The summed E-state index contributed by atoms with van der Waals surface area (Å²) in [6.45, 7) is 21.0. The molecule has 0 aromatic rings. The van der Waals surface area contributed by atoms with Gasteiger partial charge >= 0.3 is 5.97 Å². The van der Waals surface area contributed by atoms with Gasteiger partial charge in [0.15, 0.2) is 0 Å². The molecule has 0 aromatic carbocycles. The number of aliphatic carboxylic acids is 1. The molecule has 1 rings (SSSR count). The lowest BCUT2D eigenvalue weighted by Gasteiger charge is -2.37. The second-order valence-corrected chi connectivity index (χ2v) is 19.6. The van der Waals surface area contributed by atoms with E-state index in [-0.39, 0.29) is 11.8 Å². The van der Waals surface area contributed by atoms with Crippen molar-refractivity contribution in [2.24, 2.45) is 5.92 Å². The zero-order chi connectivity index (χ0) is 46.7. The van der Waals surface area contributed by atoms with E-state index in [1.165, 1.54) is 174 Å². The number of nitrogens with zero attached hydrogens (tertiary/aromatic N) is 5. The highest BCUT2D eigenvalue weighted by Crippen LogP contribution is 2.16. The molecule has 0 aromatic heterocycles. The van der Waals surface area contributed by atoms with Gasteiger partial charge in [0.25, 0.3) is 0 Å². The van der Waals surface area contributed by atoms with Gasteiger partial charge in [-0.3, -0.25) is 24.2 Å². The summed E-state index contributed by atoms with van der Waals surface area (Å²) in [7, 11) is 0. The summed E-state index contributed by atoms with van der Waals surface area (Å²) in [5.41, 5.74) is 0. The van der Waals surface area contributed by atoms with Gasteiger partial charge in [-0.1, -0.05) is 201 Å². The second-order valence-electron chi connectivity index (χ2n) is 19.6. The molecule has 0 aliphatic carbocycles. The number of amides is 2. The standard InChI is InChI=1S/C55H107N5O4/c1-6-11-16-20-24-28-33-39-56(40-34-29-25-21-17-12-7-2)44-45-58(42-36-31-27-23-19-14-9-4)51-54(62)60-48-46-59(47-49-60)53(61)50-57(41-35-30-26-22-18-13-8-3)43-38-52(55(63)64)37-32-15-10-5/h15,32,52H,6-14,16-31,33-51H2,1-5H3,(H,63,64). The summed E-state index contributed by atoms with van der Waals surface area (Å²) >= 11 is 0. The second kappa shape index (κ2) is 43.6. The number of allylic oxidation sites excluding steroid dienone is 2. The Morgan fingerprint density at radius 3 is 1.08 bits per heavy atom. The maximum absolute atomic E-state index is 14.0. The van der Waals surface area contributed by atoms with Gasteiger partial charge in [0.05, 0.1) is 19.0 Å². The monoisotopic (exact) mass is 902 g/mol. The minimum absolute atomic E-state index is 0.107. The molecular weight excluding hydrogens is 795 g/mol. The van der Waals surface area contributed by atoms with Crippen molar-refractivity contribution >= 4 is 17.8 Å². The first kappa shape index (κ1) is 60.0. The molecule has 2 amide bonds. The lowest BCUT2D eigenvalue weighted by molar-refractivity contribution is -0.142. The van der Waals surface area contributed by atoms with Crippen LogP contribution >= 0.6 is 0 Å². The van der Waals surface area contributed by atoms with Crippen LogP contribution in [0.4, 0.5) is 0 Å². The number of rotatable bonds is 46. The lowest BCUT2D eigenvalue weighted by atomic mass is 10.0. The van der Waals surface area contributed by atoms with Gasteiger partial charge in [-0.25, -0.2) is 0 Å². The van der Waals surface area contributed by atoms with E-state index in [2.05, 4.69) is 49.3 Å². The van der Waals surface area contributed by atoms with Crippen LogP contribution in [0.1, 0.15) is 234 Å². The Bertz CT molecular complexity index is 1090. The maximum Gasteiger partial charge on any atom is 0.306 e. The molecule has 64 heavy (non-hydrogen) atoms. The minimum atomic E-state index is -0.756. The Morgan fingerprint density at radius 1 is 0.422 bits per heavy atom. The van der Waals surface area contributed by atoms with Crippen LogP contribution in [-0.2, 0) is 14.4 Å². The van der Waals surface area contributed by atoms with Gasteiger partial charge in [0.1, 0.15) is 0 Å². The average molecular weight is 902 g/mol. The van der Waals surface area contributed by atoms with Crippen LogP contribution < -0.4 is 0 Å². The third-order valence-corrected chi connectivity index (χ3v) is 13.7. The van der Waals surface area contributed by atoms with Crippen molar-refractivity contribution in [2.75, 3.05) is 85.1 Å². The van der Waals surface area contributed by atoms with Crippen LogP contribution in [0.3, 0.4) is 0 Å². The average Bonchev–Trinajstić information content (AvgIpc) is 3.29. The fraction of sp³-hybridized carbons (Fsp3) is 0.909. The summed E-state index contributed by atoms with van der Waals surface area (Å²) in [5.74, 6) is -0.879. The molecule has 1 unspecified atom stereocenters. The van der Waals surface area contributed by atoms with Crippen LogP contribution in [-0.4, -0.2) is 132 Å².